The summed E-state index contributed by atoms with van der Waals surface area (Å²) in [6.07, 6.45) is 0. The molecule has 0 aromatic heterocycles. The van der Waals surface area contributed by atoms with Crippen molar-refractivity contribution in [2.45, 2.75) is 19.9 Å². The SMILES string of the molecule is CNC(C)c1ccc(OCCF)c(C)c1. The maximum absolute atomic E-state index is 11.9. The third-order valence-corrected chi connectivity index (χ3v) is 2.47. The van der Waals surface area contributed by atoms with Gasteiger partial charge in [-0.2, -0.15) is 0 Å². The summed E-state index contributed by atoms with van der Waals surface area (Å²) < 4.78 is 17.2. The van der Waals surface area contributed by atoms with Crippen molar-refractivity contribution in [3.63, 3.8) is 0 Å². The van der Waals surface area contributed by atoms with Gasteiger partial charge in [0.2, 0.25) is 0 Å². The van der Waals surface area contributed by atoms with E-state index in [0.717, 1.165) is 11.3 Å². The molecule has 84 valence electrons. The average molecular weight is 211 g/mol. The minimum Gasteiger partial charge on any atom is -0.491 e. The summed E-state index contributed by atoms with van der Waals surface area (Å²) in [5, 5.41) is 3.17. The zero-order chi connectivity index (χ0) is 11.3. The Morgan fingerprint density at radius 1 is 1.47 bits per heavy atom. The Kier molecular flexibility index (Phi) is 4.56. The summed E-state index contributed by atoms with van der Waals surface area (Å²) in [6.45, 7) is 3.74. The molecule has 0 aliphatic carbocycles. The van der Waals surface area contributed by atoms with E-state index in [9.17, 15) is 4.39 Å². The van der Waals surface area contributed by atoms with Crippen molar-refractivity contribution in [3.05, 3.63) is 29.3 Å². The Hall–Kier alpha value is -1.09. The van der Waals surface area contributed by atoms with Gasteiger partial charge in [-0.3, -0.25) is 0 Å². The van der Waals surface area contributed by atoms with Crippen LogP contribution in [-0.4, -0.2) is 20.3 Å². The van der Waals surface area contributed by atoms with Gasteiger partial charge in [0.1, 0.15) is 19.0 Å². The normalized spacial score (nSPS) is 12.5. The molecular formula is C12H18FNO. The zero-order valence-electron chi connectivity index (χ0n) is 9.51. The second-order valence-corrected chi connectivity index (χ2v) is 3.57. The summed E-state index contributed by atoms with van der Waals surface area (Å²) in [5.41, 5.74) is 2.26. The van der Waals surface area contributed by atoms with Crippen LogP contribution in [0.2, 0.25) is 0 Å². The summed E-state index contributed by atoms with van der Waals surface area (Å²) in [5.74, 6) is 0.764. The van der Waals surface area contributed by atoms with Gasteiger partial charge >= 0.3 is 0 Å². The van der Waals surface area contributed by atoms with E-state index < -0.39 is 6.67 Å². The van der Waals surface area contributed by atoms with Crippen molar-refractivity contribution >= 4 is 0 Å². The number of alkyl halides is 1. The van der Waals surface area contributed by atoms with Crippen LogP contribution < -0.4 is 10.1 Å². The molecule has 0 amide bonds. The second-order valence-electron chi connectivity index (χ2n) is 3.57. The molecule has 0 aliphatic heterocycles. The highest BCUT2D eigenvalue weighted by atomic mass is 19.1. The summed E-state index contributed by atoms with van der Waals surface area (Å²) in [4.78, 5) is 0. The van der Waals surface area contributed by atoms with E-state index in [0.29, 0.717) is 6.04 Å². The maximum atomic E-state index is 11.9. The molecule has 3 heteroatoms. The average Bonchev–Trinajstić information content (AvgIpc) is 2.26. The Morgan fingerprint density at radius 2 is 2.20 bits per heavy atom. The van der Waals surface area contributed by atoms with Crippen LogP contribution in [0.15, 0.2) is 18.2 Å². The molecular weight excluding hydrogens is 193 g/mol. The fourth-order valence-electron chi connectivity index (χ4n) is 1.42. The lowest BCUT2D eigenvalue weighted by molar-refractivity contribution is 0.271. The third kappa shape index (κ3) is 3.20. The molecule has 0 fully saturated rings. The Balaban J connectivity index is 2.78. The Labute approximate surface area is 90.4 Å². The molecule has 15 heavy (non-hydrogen) atoms. The van der Waals surface area contributed by atoms with Gasteiger partial charge in [-0.1, -0.05) is 12.1 Å². The highest BCUT2D eigenvalue weighted by molar-refractivity contribution is 5.37. The highest BCUT2D eigenvalue weighted by Gasteiger charge is 2.05. The van der Waals surface area contributed by atoms with Crippen molar-refractivity contribution in [1.29, 1.82) is 0 Å². The first kappa shape index (κ1) is 12.0. The van der Waals surface area contributed by atoms with Crippen LogP contribution in [0.3, 0.4) is 0 Å². The smallest absolute Gasteiger partial charge is 0.123 e. The number of halogens is 1. The van der Waals surface area contributed by atoms with Gasteiger partial charge in [0.05, 0.1) is 0 Å². The standard InChI is InChI=1S/C12H18FNO/c1-9-8-11(10(2)14-3)4-5-12(9)15-7-6-13/h4-5,8,10,14H,6-7H2,1-3H3. The summed E-state index contributed by atoms with van der Waals surface area (Å²) in [6, 6.07) is 6.28. The number of hydrogen-bond donors (Lipinski definition) is 1. The predicted octanol–water partition coefficient (Wildman–Crippen LogP) is 2.62. The van der Waals surface area contributed by atoms with Gasteiger partial charge in [-0.05, 0) is 38.1 Å². The first-order chi connectivity index (χ1) is 7.19. The van der Waals surface area contributed by atoms with E-state index in [1.54, 1.807) is 0 Å². The van der Waals surface area contributed by atoms with Crippen LogP contribution in [0.5, 0.6) is 5.75 Å². The minimum absolute atomic E-state index is 0.127. The zero-order valence-corrected chi connectivity index (χ0v) is 9.51. The van der Waals surface area contributed by atoms with Gasteiger partial charge < -0.3 is 10.1 Å². The van der Waals surface area contributed by atoms with Gasteiger partial charge in [0.25, 0.3) is 0 Å². The van der Waals surface area contributed by atoms with Crippen LogP contribution in [0, 0.1) is 6.92 Å². The lowest BCUT2D eigenvalue weighted by atomic mass is 10.1. The van der Waals surface area contributed by atoms with E-state index >= 15 is 0 Å². The summed E-state index contributed by atoms with van der Waals surface area (Å²) >= 11 is 0. The quantitative estimate of drug-likeness (QED) is 0.808. The molecule has 0 spiro atoms. The predicted molar refractivity (Wildman–Crippen MR) is 60.1 cm³/mol. The molecule has 1 atom stereocenters. The van der Waals surface area contributed by atoms with Crippen molar-refractivity contribution in [1.82, 2.24) is 5.32 Å². The number of nitrogens with one attached hydrogen (secondary N) is 1. The largest absolute Gasteiger partial charge is 0.491 e. The van der Waals surface area contributed by atoms with Crippen LogP contribution in [0.1, 0.15) is 24.1 Å². The minimum atomic E-state index is -0.450. The topological polar surface area (TPSA) is 21.3 Å². The first-order valence-electron chi connectivity index (χ1n) is 5.15. The van der Waals surface area contributed by atoms with E-state index in [4.69, 9.17) is 4.74 Å². The number of ether oxygens (including phenoxy) is 1. The highest BCUT2D eigenvalue weighted by Crippen LogP contribution is 2.22. The Morgan fingerprint density at radius 3 is 2.73 bits per heavy atom. The van der Waals surface area contributed by atoms with E-state index in [-0.39, 0.29) is 6.61 Å². The lowest BCUT2D eigenvalue weighted by Gasteiger charge is -2.13. The van der Waals surface area contributed by atoms with Crippen LogP contribution >= 0.6 is 0 Å². The van der Waals surface area contributed by atoms with Gasteiger partial charge in [0.15, 0.2) is 0 Å². The Bertz CT molecular complexity index is 314. The lowest BCUT2D eigenvalue weighted by Crippen LogP contribution is -2.12. The molecule has 1 unspecified atom stereocenters. The fourth-order valence-corrected chi connectivity index (χ4v) is 1.42. The van der Waals surface area contributed by atoms with Crippen LogP contribution in [-0.2, 0) is 0 Å². The fraction of sp³-hybridized carbons (Fsp3) is 0.500. The molecule has 1 aromatic rings. The number of benzene rings is 1. The first-order valence-corrected chi connectivity index (χ1v) is 5.15. The third-order valence-electron chi connectivity index (χ3n) is 2.47. The second kappa shape index (κ2) is 5.71. The van der Waals surface area contributed by atoms with Crippen molar-refractivity contribution < 1.29 is 9.13 Å². The van der Waals surface area contributed by atoms with E-state index in [2.05, 4.69) is 18.3 Å². The van der Waals surface area contributed by atoms with E-state index in [1.807, 2.05) is 26.1 Å². The van der Waals surface area contributed by atoms with Crippen LogP contribution in [0.25, 0.3) is 0 Å². The van der Waals surface area contributed by atoms with Gasteiger partial charge in [-0.25, -0.2) is 4.39 Å². The molecule has 0 aliphatic rings. The molecule has 0 radical (unpaired) electrons. The number of rotatable bonds is 5. The summed E-state index contributed by atoms with van der Waals surface area (Å²) in [7, 11) is 1.92. The van der Waals surface area contributed by atoms with Crippen molar-refractivity contribution in [3.8, 4) is 5.75 Å². The van der Waals surface area contributed by atoms with Crippen LogP contribution in [0.4, 0.5) is 4.39 Å². The number of hydrogen-bond acceptors (Lipinski definition) is 2. The van der Waals surface area contributed by atoms with Gasteiger partial charge in [0, 0.05) is 6.04 Å². The molecule has 0 bridgehead atoms. The van der Waals surface area contributed by atoms with Crippen molar-refractivity contribution in [2.24, 2.45) is 0 Å². The molecule has 1 N–H and O–H groups in total. The molecule has 0 heterocycles. The molecule has 2 nitrogen and oxygen atoms in total. The molecule has 0 saturated carbocycles. The number of aryl methyl sites for hydroxylation is 1. The maximum Gasteiger partial charge on any atom is 0.123 e. The monoisotopic (exact) mass is 211 g/mol. The molecule has 1 rings (SSSR count). The van der Waals surface area contributed by atoms with E-state index in [1.165, 1.54) is 5.56 Å². The van der Waals surface area contributed by atoms with Gasteiger partial charge in [-0.15, -0.1) is 0 Å². The van der Waals surface area contributed by atoms with Crippen molar-refractivity contribution in [2.75, 3.05) is 20.3 Å². The molecule has 0 saturated heterocycles. The molecule has 1 aromatic carbocycles.